The first kappa shape index (κ1) is 16.1. The average molecular weight is 351 g/mol. The molecule has 1 aliphatic carbocycles. The number of fused-ring (bicyclic) bond motifs is 1. The van der Waals surface area contributed by atoms with Gasteiger partial charge in [0.15, 0.2) is 0 Å². The lowest BCUT2D eigenvalue weighted by atomic mass is 9.64. The van der Waals surface area contributed by atoms with Crippen LogP contribution in [0.4, 0.5) is 0 Å². The molecular formula is C21H19ClN2O. The number of hydrogen-bond donors (Lipinski definition) is 1. The highest BCUT2D eigenvalue weighted by molar-refractivity contribution is 6.30. The molecule has 1 N–H and O–H groups in total. The number of nitrogens with one attached hydrogen (secondary N) is 1. The molecule has 1 aliphatic rings. The van der Waals surface area contributed by atoms with Gasteiger partial charge < -0.3 is 5.32 Å². The van der Waals surface area contributed by atoms with Crippen LogP contribution in [0, 0.1) is 0 Å². The standard InChI is InChI=1S/C21H19ClN2O/c22-18-9-2-8-17(13-18)21(10-4-11-21)20(25)24-14-16-6-1-5-15-7-3-12-23-19(15)16/h1-3,5-9,12-13H,4,10-11,14H2,(H,24,25). The van der Waals surface area contributed by atoms with Gasteiger partial charge in [0.25, 0.3) is 0 Å². The van der Waals surface area contributed by atoms with Crippen LogP contribution in [0.5, 0.6) is 0 Å². The Morgan fingerprint density at radius 1 is 1.12 bits per heavy atom. The van der Waals surface area contributed by atoms with E-state index < -0.39 is 5.41 Å². The Hall–Kier alpha value is -2.39. The first-order valence-corrected chi connectivity index (χ1v) is 8.94. The number of para-hydroxylation sites is 1. The summed E-state index contributed by atoms with van der Waals surface area (Å²) in [6.07, 6.45) is 4.59. The second kappa shape index (κ2) is 6.49. The minimum atomic E-state index is -0.442. The van der Waals surface area contributed by atoms with E-state index in [1.807, 2.05) is 54.6 Å². The SMILES string of the molecule is O=C(NCc1cccc2cccnc12)C1(c2cccc(Cl)c2)CCC1. The summed E-state index contributed by atoms with van der Waals surface area (Å²) in [4.78, 5) is 17.5. The zero-order valence-electron chi connectivity index (χ0n) is 13.8. The van der Waals surface area contributed by atoms with Crippen molar-refractivity contribution in [3.8, 4) is 0 Å². The van der Waals surface area contributed by atoms with Gasteiger partial charge in [-0.05, 0) is 42.2 Å². The molecule has 3 aromatic rings. The number of halogens is 1. The third-order valence-electron chi connectivity index (χ3n) is 5.17. The van der Waals surface area contributed by atoms with Crippen molar-refractivity contribution in [2.75, 3.05) is 0 Å². The number of amides is 1. The Bertz CT molecular complexity index is 929. The molecule has 4 heteroatoms. The van der Waals surface area contributed by atoms with E-state index in [1.165, 1.54) is 0 Å². The molecule has 1 amide bonds. The van der Waals surface area contributed by atoms with Crippen LogP contribution in [0.15, 0.2) is 60.8 Å². The van der Waals surface area contributed by atoms with Crippen LogP contribution >= 0.6 is 11.6 Å². The first-order valence-electron chi connectivity index (χ1n) is 8.56. The zero-order valence-corrected chi connectivity index (χ0v) is 14.6. The maximum absolute atomic E-state index is 13.0. The predicted molar refractivity (Wildman–Crippen MR) is 101 cm³/mol. The van der Waals surface area contributed by atoms with E-state index >= 15 is 0 Å². The maximum Gasteiger partial charge on any atom is 0.230 e. The van der Waals surface area contributed by atoms with Crippen molar-refractivity contribution in [3.05, 3.63) is 76.9 Å². The van der Waals surface area contributed by atoms with E-state index in [4.69, 9.17) is 11.6 Å². The van der Waals surface area contributed by atoms with E-state index in [1.54, 1.807) is 6.20 Å². The van der Waals surface area contributed by atoms with Crippen molar-refractivity contribution >= 4 is 28.4 Å². The lowest BCUT2D eigenvalue weighted by Crippen LogP contribution is -2.49. The fourth-order valence-corrected chi connectivity index (χ4v) is 3.81. The summed E-state index contributed by atoms with van der Waals surface area (Å²) in [6.45, 7) is 0.482. The molecule has 0 radical (unpaired) electrons. The number of aromatic nitrogens is 1. The summed E-state index contributed by atoms with van der Waals surface area (Å²) >= 11 is 6.13. The van der Waals surface area contributed by atoms with Crippen molar-refractivity contribution in [2.24, 2.45) is 0 Å². The van der Waals surface area contributed by atoms with Crippen molar-refractivity contribution in [1.82, 2.24) is 10.3 Å². The van der Waals surface area contributed by atoms with Gasteiger partial charge in [-0.15, -0.1) is 0 Å². The molecule has 2 aromatic carbocycles. The predicted octanol–water partition coefficient (Wildman–Crippen LogP) is 4.63. The third-order valence-corrected chi connectivity index (χ3v) is 5.41. The zero-order chi connectivity index (χ0) is 17.3. The van der Waals surface area contributed by atoms with Crippen LogP contribution in [0.3, 0.4) is 0 Å². The molecule has 1 aromatic heterocycles. The van der Waals surface area contributed by atoms with Crippen molar-refractivity contribution in [2.45, 2.75) is 31.2 Å². The molecule has 1 heterocycles. The Labute approximate surface area is 152 Å². The van der Waals surface area contributed by atoms with E-state index in [0.717, 1.165) is 41.3 Å². The summed E-state index contributed by atoms with van der Waals surface area (Å²) in [5.41, 5.74) is 2.55. The molecule has 3 nitrogen and oxygen atoms in total. The molecule has 0 aliphatic heterocycles. The van der Waals surface area contributed by atoms with E-state index in [0.29, 0.717) is 11.6 Å². The average Bonchev–Trinajstić information content (AvgIpc) is 2.59. The fraction of sp³-hybridized carbons (Fsp3) is 0.238. The third kappa shape index (κ3) is 2.89. The molecule has 1 fully saturated rings. The fourth-order valence-electron chi connectivity index (χ4n) is 3.62. The van der Waals surface area contributed by atoms with Crippen LogP contribution in [-0.2, 0) is 16.8 Å². The number of nitrogens with zero attached hydrogens (tertiary/aromatic N) is 1. The highest BCUT2D eigenvalue weighted by atomic mass is 35.5. The minimum Gasteiger partial charge on any atom is -0.351 e. The van der Waals surface area contributed by atoms with Crippen molar-refractivity contribution in [3.63, 3.8) is 0 Å². The second-order valence-corrected chi connectivity index (χ2v) is 7.06. The highest BCUT2D eigenvalue weighted by Gasteiger charge is 2.45. The van der Waals surface area contributed by atoms with Gasteiger partial charge in [-0.2, -0.15) is 0 Å². The smallest absolute Gasteiger partial charge is 0.230 e. The summed E-state index contributed by atoms with van der Waals surface area (Å²) in [7, 11) is 0. The molecule has 0 bridgehead atoms. The molecule has 126 valence electrons. The summed E-state index contributed by atoms with van der Waals surface area (Å²) in [6, 6.07) is 17.7. The molecule has 25 heavy (non-hydrogen) atoms. The van der Waals surface area contributed by atoms with Gasteiger partial charge in [0.1, 0.15) is 0 Å². The molecule has 0 atom stereocenters. The topological polar surface area (TPSA) is 42.0 Å². The van der Waals surface area contributed by atoms with Crippen molar-refractivity contribution < 1.29 is 4.79 Å². The number of carbonyl (C=O) groups is 1. The Balaban J connectivity index is 1.57. The highest BCUT2D eigenvalue weighted by Crippen LogP contribution is 2.44. The minimum absolute atomic E-state index is 0.0777. The van der Waals surface area contributed by atoms with E-state index in [2.05, 4.69) is 10.3 Å². The molecule has 4 rings (SSSR count). The summed E-state index contributed by atoms with van der Waals surface area (Å²) in [5.74, 6) is 0.0777. The largest absolute Gasteiger partial charge is 0.351 e. The van der Waals surface area contributed by atoms with Gasteiger partial charge >= 0.3 is 0 Å². The Morgan fingerprint density at radius 3 is 2.68 bits per heavy atom. The molecule has 0 saturated heterocycles. The lowest BCUT2D eigenvalue weighted by molar-refractivity contribution is -0.130. The van der Waals surface area contributed by atoms with Gasteiger partial charge in [0.2, 0.25) is 5.91 Å². The normalized spacial score (nSPS) is 15.6. The van der Waals surface area contributed by atoms with E-state index in [-0.39, 0.29) is 5.91 Å². The number of benzene rings is 2. The van der Waals surface area contributed by atoms with E-state index in [9.17, 15) is 4.79 Å². The van der Waals surface area contributed by atoms with Gasteiger partial charge in [-0.3, -0.25) is 9.78 Å². The van der Waals surface area contributed by atoms with Crippen LogP contribution in [-0.4, -0.2) is 10.9 Å². The number of carbonyl (C=O) groups excluding carboxylic acids is 1. The molecular weight excluding hydrogens is 332 g/mol. The number of hydrogen-bond acceptors (Lipinski definition) is 2. The molecule has 0 spiro atoms. The number of rotatable bonds is 4. The Morgan fingerprint density at radius 2 is 1.92 bits per heavy atom. The van der Waals surface area contributed by atoms with Crippen LogP contribution in [0.25, 0.3) is 10.9 Å². The maximum atomic E-state index is 13.0. The molecule has 0 unspecified atom stereocenters. The second-order valence-electron chi connectivity index (χ2n) is 6.62. The Kier molecular flexibility index (Phi) is 4.18. The summed E-state index contributed by atoms with van der Waals surface area (Å²) < 4.78 is 0. The van der Waals surface area contributed by atoms with Gasteiger partial charge in [0.05, 0.1) is 10.9 Å². The quantitative estimate of drug-likeness (QED) is 0.745. The monoisotopic (exact) mass is 350 g/mol. The van der Waals surface area contributed by atoms with Crippen LogP contribution in [0.2, 0.25) is 5.02 Å². The number of pyridine rings is 1. The van der Waals surface area contributed by atoms with Crippen LogP contribution in [0.1, 0.15) is 30.4 Å². The van der Waals surface area contributed by atoms with Gasteiger partial charge in [0, 0.05) is 23.2 Å². The van der Waals surface area contributed by atoms with Gasteiger partial charge in [-0.25, -0.2) is 0 Å². The summed E-state index contributed by atoms with van der Waals surface area (Å²) in [5, 5.41) is 4.89. The molecule has 1 saturated carbocycles. The first-order chi connectivity index (χ1) is 12.2. The van der Waals surface area contributed by atoms with Gasteiger partial charge in [-0.1, -0.05) is 54.4 Å². The lowest BCUT2D eigenvalue weighted by Gasteiger charge is -2.40. The van der Waals surface area contributed by atoms with Crippen molar-refractivity contribution in [1.29, 1.82) is 0 Å². The van der Waals surface area contributed by atoms with Crippen LogP contribution < -0.4 is 5.32 Å².